The maximum Gasteiger partial charge on any atom is 0.126 e. The van der Waals surface area contributed by atoms with Gasteiger partial charge < -0.3 is 14.7 Å². The van der Waals surface area contributed by atoms with Crippen molar-refractivity contribution >= 4 is 17.4 Å². The van der Waals surface area contributed by atoms with E-state index in [0.29, 0.717) is 6.04 Å². The van der Waals surface area contributed by atoms with Gasteiger partial charge in [0.05, 0.1) is 13.2 Å². The third-order valence-electron chi connectivity index (χ3n) is 3.44. The first-order valence-corrected chi connectivity index (χ1v) is 8.02. The zero-order chi connectivity index (χ0) is 14.4. The van der Waals surface area contributed by atoms with E-state index in [9.17, 15) is 5.11 Å². The van der Waals surface area contributed by atoms with E-state index in [2.05, 4.69) is 25.1 Å². The van der Waals surface area contributed by atoms with Crippen molar-refractivity contribution in [2.75, 3.05) is 31.1 Å². The van der Waals surface area contributed by atoms with Crippen molar-refractivity contribution in [2.24, 2.45) is 0 Å². The van der Waals surface area contributed by atoms with Gasteiger partial charge in [-0.15, -0.1) is 0 Å². The van der Waals surface area contributed by atoms with Crippen LogP contribution < -0.4 is 9.64 Å². The first-order valence-electron chi connectivity index (χ1n) is 6.63. The molecule has 0 aromatic heterocycles. The molecule has 108 valence electrons. The van der Waals surface area contributed by atoms with E-state index in [-0.39, 0.29) is 0 Å². The fourth-order valence-corrected chi connectivity index (χ4v) is 3.17. The molecule has 1 aromatic rings. The van der Waals surface area contributed by atoms with E-state index in [1.807, 2.05) is 30.0 Å². The molecule has 0 bridgehead atoms. The van der Waals surface area contributed by atoms with Crippen LogP contribution in [0.5, 0.6) is 5.75 Å². The highest BCUT2D eigenvalue weighted by atomic mass is 32.2. The first kappa shape index (κ1) is 16.2. The number of ether oxygens (including phenoxy) is 1. The third-order valence-corrected chi connectivity index (χ3v) is 4.16. The second-order valence-corrected chi connectivity index (χ2v) is 5.61. The minimum absolute atomic E-state index is 0.458. The van der Waals surface area contributed by atoms with Crippen LogP contribution in [0.25, 0.3) is 0 Å². The van der Waals surface area contributed by atoms with Crippen LogP contribution in [0.3, 0.4) is 0 Å². The number of aliphatic hydroxyl groups is 1. The summed E-state index contributed by atoms with van der Waals surface area (Å²) in [4.78, 5) is 2.25. The van der Waals surface area contributed by atoms with Crippen molar-refractivity contribution in [2.45, 2.75) is 32.4 Å². The number of hydrogen-bond acceptors (Lipinski definition) is 4. The smallest absolute Gasteiger partial charge is 0.126 e. The fraction of sp³-hybridized carbons (Fsp3) is 0.600. The van der Waals surface area contributed by atoms with Crippen LogP contribution in [0, 0.1) is 0 Å². The van der Waals surface area contributed by atoms with E-state index in [1.54, 1.807) is 14.0 Å². The standard InChI is InChI=1S/C15H25NO2S/c1-6-12(10-19-5)16(3)13-8-7-9-14(18-4)15(13)11(2)17/h7-9,11-12,17H,6,10H2,1-5H3/t11-,12?/m1/s1. The summed E-state index contributed by atoms with van der Waals surface area (Å²) in [7, 11) is 3.73. The quantitative estimate of drug-likeness (QED) is 0.832. The molecule has 0 spiro atoms. The summed E-state index contributed by atoms with van der Waals surface area (Å²) in [6, 6.07) is 6.38. The second-order valence-electron chi connectivity index (χ2n) is 4.70. The molecular weight excluding hydrogens is 258 g/mol. The van der Waals surface area contributed by atoms with Gasteiger partial charge in [0.1, 0.15) is 5.75 Å². The topological polar surface area (TPSA) is 32.7 Å². The van der Waals surface area contributed by atoms with Crippen molar-refractivity contribution in [3.63, 3.8) is 0 Å². The first-order chi connectivity index (χ1) is 9.06. The predicted molar refractivity (Wildman–Crippen MR) is 84.5 cm³/mol. The largest absolute Gasteiger partial charge is 0.496 e. The van der Waals surface area contributed by atoms with Crippen molar-refractivity contribution < 1.29 is 9.84 Å². The molecule has 0 fully saturated rings. The average molecular weight is 283 g/mol. The Morgan fingerprint density at radius 1 is 1.42 bits per heavy atom. The lowest BCUT2D eigenvalue weighted by molar-refractivity contribution is 0.194. The SMILES string of the molecule is CCC(CSC)N(C)c1cccc(OC)c1[C@@H](C)O. The van der Waals surface area contributed by atoms with Gasteiger partial charge in [0.15, 0.2) is 0 Å². The lowest BCUT2D eigenvalue weighted by Gasteiger charge is -2.31. The second kappa shape index (κ2) is 7.65. The van der Waals surface area contributed by atoms with Crippen molar-refractivity contribution in [3.05, 3.63) is 23.8 Å². The number of hydrogen-bond donors (Lipinski definition) is 1. The number of aliphatic hydroxyl groups excluding tert-OH is 1. The molecule has 0 heterocycles. The van der Waals surface area contributed by atoms with Crippen LogP contribution in [0.1, 0.15) is 31.9 Å². The summed E-state index contributed by atoms with van der Waals surface area (Å²) < 4.78 is 5.38. The van der Waals surface area contributed by atoms with Gasteiger partial charge in [-0.1, -0.05) is 13.0 Å². The predicted octanol–water partition coefficient (Wildman–Crippen LogP) is 3.33. The number of methoxy groups -OCH3 is 1. The molecule has 1 N–H and O–H groups in total. The molecule has 0 aliphatic heterocycles. The molecule has 0 saturated heterocycles. The molecule has 0 aliphatic carbocycles. The normalized spacial score (nSPS) is 14.0. The molecule has 0 aliphatic rings. The monoisotopic (exact) mass is 283 g/mol. The molecule has 0 saturated carbocycles. The van der Waals surface area contributed by atoms with Gasteiger partial charge in [-0.2, -0.15) is 11.8 Å². The Hall–Kier alpha value is -0.870. The minimum atomic E-state index is -0.541. The molecule has 3 nitrogen and oxygen atoms in total. The molecule has 2 atom stereocenters. The van der Waals surface area contributed by atoms with Crippen molar-refractivity contribution in [3.8, 4) is 5.75 Å². The van der Waals surface area contributed by atoms with Crippen LogP contribution >= 0.6 is 11.8 Å². The summed E-state index contributed by atoms with van der Waals surface area (Å²) in [6.45, 7) is 3.98. The third kappa shape index (κ3) is 3.80. The molecule has 19 heavy (non-hydrogen) atoms. The Morgan fingerprint density at radius 2 is 2.11 bits per heavy atom. The minimum Gasteiger partial charge on any atom is -0.496 e. The summed E-state index contributed by atoms with van der Waals surface area (Å²) in [5, 5.41) is 10.0. The summed E-state index contributed by atoms with van der Waals surface area (Å²) >= 11 is 1.85. The lowest BCUT2D eigenvalue weighted by atomic mass is 10.0. The van der Waals surface area contributed by atoms with E-state index < -0.39 is 6.10 Å². The van der Waals surface area contributed by atoms with E-state index in [1.165, 1.54) is 0 Å². The van der Waals surface area contributed by atoms with Crippen LogP contribution in [0.2, 0.25) is 0 Å². The Labute approximate surface area is 121 Å². The maximum absolute atomic E-state index is 10.0. The van der Waals surface area contributed by atoms with Gasteiger partial charge >= 0.3 is 0 Å². The van der Waals surface area contributed by atoms with Gasteiger partial charge in [-0.05, 0) is 31.7 Å². The number of nitrogens with zero attached hydrogens (tertiary/aromatic N) is 1. The lowest BCUT2D eigenvalue weighted by Crippen LogP contribution is -2.34. The summed E-state index contributed by atoms with van der Waals surface area (Å²) in [5.74, 6) is 1.82. The van der Waals surface area contributed by atoms with Gasteiger partial charge in [0.2, 0.25) is 0 Å². The van der Waals surface area contributed by atoms with Crippen LogP contribution in [-0.4, -0.2) is 37.3 Å². The Kier molecular flexibility index (Phi) is 6.52. The zero-order valence-electron chi connectivity index (χ0n) is 12.5. The molecule has 1 aromatic carbocycles. The highest BCUT2D eigenvalue weighted by molar-refractivity contribution is 7.98. The highest BCUT2D eigenvalue weighted by Gasteiger charge is 2.20. The molecule has 1 rings (SSSR count). The Morgan fingerprint density at radius 3 is 2.58 bits per heavy atom. The van der Waals surface area contributed by atoms with E-state index >= 15 is 0 Å². The highest BCUT2D eigenvalue weighted by Crippen LogP contribution is 2.35. The van der Waals surface area contributed by atoms with Crippen LogP contribution in [0.15, 0.2) is 18.2 Å². The Balaban J connectivity index is 3.17. The Bertz CT molecular complexity index is 396. The van der Waals surface area contributed by atoms with E-state index in [0.717, 1.165) is 29.2 Å². The van der Waals surface area contributed by atoms with Crippen molar-refractivity contribution in [1.82, 2.24) is 0 Å². The van der Waals surface area contributed by atoms with Gasteiger partial charge in [-0.3, -0.25) is 0 Å². The van der Waals surface area contributed by atoms with Crippen LogP contribution in [0.4, 0.5) is 5.69 Å². The van der Waals surface area contributed by atoms with Gasteiger partial charge in [-0.25, -0.2) is 0 Å². The maximum atomic E-state index is 10.0. The zero-order valence-corrected chi connectivity index (χ0v) is 13.3. The molecule has 4 heteroatoms. The molecule has 0 radical (unpaired) electrons. The van der Waals surface area contributed by atoms with Gasteiger partial charge in [0, 0.05) is 30.1 Å². The van der Waals surface area contributed by atoms with Crippen molar-refractivity contribution in [1.29, 1.82) is 0 Å². The number of rotatable bonds is 7. The fourth-order valence-electron chi connectivity index (χ4n) is 2.33. The van der Waals surface area contributed by atoms with Crippen LogP contribution in [-0.2, 0) is 0 Å². The number of thioether (sulfide) groups is 1. The summed E-state index contributed by atoms with van der Waals surface area (Å²) in [5.41, 5.74) is 1.92. The molecular formula is C15H25NO2S. The summed E-state index contributed by atoms with van der Waals surface area (Å²) in [6.07, 6.45) is 2.66. The number of benzene rings is 1. The molecule has 1 unspecified atom stereocenters. The van der Waals surface area contributed by atoms with E-state index in [4.69, 9.17) is 4.74 Å². The number of anilines is 1. The van der Waals surface area contributed by atoms with Gasteiger partial charge in [0.25, 0.3) is 0 Å². The molecule has 0 amide bonds. The average Bonchev–Trinajstić information content (AvgIpc) is 2.42.